The van der Waals surface area contributed by atoms with E-state index in [1.54, 1.807) is 0 Å². The van der Waals surface area contributed by atoms with Crippen molar-refractivity contribution in [3.05, 3.63) is 11.6 Å². The second kappa shape index (κ2) is 6.42. The number of morpholine rings is 1. The lowest BCUT2D eigenvalue weighted by Crippen LogP contribution is -2.49. The average Bonchev–Trinajstić information content (AvgIpc) is 3.03. The Morgan fingerprint density at radius 3 is 2.40 bits per heavy atom. The molecule has 0 aromatic rings. The first kappa shape index (κ1) is 17.1. The number of piperidine rings is 1. The van der Waals surface area contributed by atoms with Gasteiger partial charge in [-0.2, -0.15) is 0 Å². The number of nitrogens with zero attached hydrogens (tertiary/aromatic N) is 2. The van der Waals surface area contributed by atoms with Crippen LogP contribution in [0.25, 0.3) is 0 Å². The fraction of sp³-hybridized carbons (Fsp3) is 0.800. The standard InChI is InChI=1S/C20H30N2O3/c1-14-12-22(13-15(2)25-14)19(24)17-11-20(17)7-9-21(10-8-20)18(23)16-5-3-4-6-16/h5,14-15,17H,3-4,6-13H2,1-2H3/t14-,15+,17-/m1/s1. The first-order valence-corrected chi connectivity index (χ1v) is 9.91. The Morgan fingerprint density at radius 2 is 1.80 bits per heavy atom. The molecule has 2 amide bonds. The molecule has 2 heterocycles. The summed E-state index contributed by atoms with van der Waals surface area (Å²) in [4.78, 5) is 29.5. The highest BCUT2D eigenvalue weighted by Crippen LogP contribution is 2.60. The molecule has 3 atom stereocenters. The van der Waals surface area contributed by atoms with Gasteiger partial charge in [0.2, 0.25) is 11.8 Å². The third kappa shape index (κ3) is 3.23. The molecule has 5 nitrogen and oxygen atoms in total. The van der Waals surface area contributed by atoms with E-state index in [1.165, 1.54) is 0 Å². The number of likely N-dealkylation sites (tertiary alicyclic amines) is 1. The van der Waals surface area contributed by atoms with Gasteiger partial charge in [0.05, 0.1) is 12.2 Å². The zero-order valence-corrected chi connectivity index (χ0v) is 15.5. The van der Waals surface area contributed by atoms with Crippen molar-refractivity contribution in [1.29, 1.82) is 0 Å². The molecule has 2 saturated heterocycles. The van der Waals surface area contributed by atoms with Gasteiger partial charge in [0.1, 0.15) is 0 Å². The molecule has 4 aliphatic rings. The van der Waals surface area contributed by atoms with Gasteiger partial charge in [-0.05, 0) is 57.8 Å². The summed E-state index contributed by atoms with van der Waals surface area (Å²) >= 11 is 0. The van der Waals surface area contributed by atoms with Gasteiger partial charge in [-0.25, -0.2) is 0 Å². The van der Waals surface area contributed by atoms with E-state index < -0.39 is 0 Å². The number of amides is 2. The van der Waals surface area contributed by atoms with E-state index in [1.807, 2.05) is 23.6 Å². The summed E-state index contributed by atoms with van der Waals surface area (Å²) in [6.45, 7) is 7.15. The van der Waals surface area contributed by atoms with Crippen LogP contribution in [0.1, 0.15) is 52.4 Å². The maximum Gasteiger partial charge on any atom is 0.249 e. The molecule has 0 aromatic carbocycles. The highest BCUT2D eigenvalue weighted by Gasteiger charge is 2.59. The van der Waals surface area contributed by atoms with Crippen molar-refractivity contribution in [2.75, 3.05) is 26.2 Å². The topological polar surface area (TPSA) is 49.9 Å². The van der Waals surface area contributed by atoms with Crippen LogP contribution in [0.15, 0.2) is 11.6 Å². The molecule has 0 aromatic heterocycles. The Kier molecular flexibility index (Phi) is 4.38. The van der Waals surface area contributed by atoms with Crippen molar-refractivity contribution in [1.82, 2.24) is 9.80 Å². The molecule has 0 unspecified atom stereocenters. The van der Waals surface area contributed by atoms with Gasteiger partial charge < -0.3 is 14.5 Å². The van der Waals surface area contributed by atoms with Crippen LogP contribution in [-0.2, 0) is 14.3 Å². The maximum absolute atomic E-state index is 12.9. The Labute approximate surface area is 150 Å². The van der Waals surface area contributed by atoms with Crippen LogP contribution in [0, 0.1) is 11.3 Å². The summed E-state index contributed by atoms with van der Waals surface area (Å²) in [5.74, 6) is 0.736. The minimum atomic E-state index is 0.126. The molecule has 0 radical (unpaired) electrons. The molecule has 0 N–H and O–H groups in total. The van der Waals surface area contributed by atoms with Crippen LogP contribution >= 0.6 is 0 Å². The summed E-state index contributed by atoms with van der Waals surface area (Å²) in [6.07, 6.45) is 8.44. The van der Waals surface area contributed by atoms with Gasteiger partial charge in [-0.1, -0.05) is 6.08 Å². The first-order chi connectivity index (χ1) is 12.0. The third-order valence-electron chi connectivity index (χ3n) is 6.58. The normalized spacial score (nSPS) is 34.2. The Morgan fingerprint density at radius 1 is 1.12 bits per heavy atom. The molecule has 2 aliphatic carbocycles. The molecule has 1 spiro atoms. The Bertz CT molecular complexity index is 582. The molecule has 138 valence electrons. The first-order valence-electron chi connectivity index (χ1n) is 9.91. The quantitative estimate of drug-likeness (QED) is 0.771. The Balaban J connectivity index is 1.32. The van der Waals surface area contributed by atoms with Gasteiger partial charge in [-0.15, -0.1) is 0 Å². The molecule has 25 heavy (non-hydrogen) atoms. The van der Waals surface area contributed by atoms with Crippen molar-refractivity contribution in [2.24, 2.45) is 11.3 Å². The lowest BCUT2D eigenvalue weighted by atomic mass is 9.90. The van der Waals surface area contributed by atoms with Crippen LogP contribution in [0.3, 0.4) is 0 Å². The maximum atomic E-state index is 12.9. The SMILES string of the molecule is C[C@@H]1CN(C(=O)[C@H]2CC23CCN(C(=O)C2=CCCC2)CC3)C[C@H](C)O1. The molecule has 2 aliphatic heterocycles. The van der Waals surface area contributed by atoms with E-state index in [-0.39, 0.29) is 29.4 Å². The van der Waals surface area contributed by atoms with Gasteiger partial charge in [0.15, 0.2) is 0 Å². The van der Waals surface area contributed by atoms with E-state index >= 15 is 0 Å². The van der Waals surface area contributed by atoms with Crippen molar-refractivity contribution in [3.8, 4) is 0 Å². The van der Waals surface area contributed by atoms with Gasteiger partial charge in [-0.3, -0.25) is 9.59 Å². The predicted octanol–water partition coefficient (Wildman–Crippen LogP) is 2.36. The lowest BCUT2D eigenvalue weighted by Gasteiger charge is -2.37. The largest absolute Gasteiger partial charge is 0.372 e. The highest BCUT2D eigenvalue weighted by atomic mass is 16.5. The summed E-state index contributed by atoms with van der Waals surface area (Å²) in [7, 11) is 0. The van der Waals surface area contributed by atoms with E-state index in [0.29, 0.717) is 19.0 Å². The third-order valence-corrected chi connectivity index (χ3v) is 6.58. The van der Waals surface area contributed by atoms with Gasteiger partial charge in [0.25, 0.3) is 0 Å². The fourth-order valence-electron chi connectivity index (χ4n) is 5.05. The Hall–Kier alpha value is -1.36. The summed E-state index contributed by atoms with van der Waals surface area (Å²) < 4.78 is 5.75. The molecule has 1 saturated carbocycles. The van der Waals surface area contributed by atoms with Gasteiger partial charge in [0, 0.05) is 37.7 Å². The van der Waals surface area contributed by atoms with E-state index in [9.17, 15) is 9.59 Å². The van der Waals surface area contributed by atoms with Crippen LogP contribution < -0.4 is 0 Å². The molecule has 5 heteroatoms. The fourth-order valence-corrected chi connectivity index (χ4v) is 5.05. The lowest BCUT2D eigenvalue weighted by molar-refractivity contribution is -0.145. The molecule has 3 fully saturated rings. The molecular formula is C20H30N2O3. The molecule has 0 bridgehead atoms. The number of hydrogen-bond acceptors (Lipinski definition) is 3. The summed E-state index contributed by atoms with van der Waals surface area (Å²) in [6, 6.07) is 0. The monoisotopic (exact) mass is 346 g/mol. The highest BCUT2D eigenvalue weighted by molar-refractivity contribution is 5.94. The zero-order chi connectivity index (χ0) is 17.6. The van der Waals surface area contributed by atoms with Crippen molar-refractivity contribution < 1.29 is 14.3 Å². The second-order valence-corrected chi connectivity index (χ2v) is 8.53. The van der Waals surface area contributed by atoms with Crippen LogP contribution in [0.5, 0.6) is 0 Å². The average molecular weight is 346 g/mol. The van der Waals surface area contributed by atoms with E-state index in [0.717, 1.165) is 57.2 Å². The number of ether oxygens (including phenoxy) is 1. The van der Waals surface area contributed by atoms with Crippen LogP contribution in [-0.4, -0.2) is 60.0 Å². The number of rotatable bonds is 2. The van der Waals surface area contributed by atoms with Gasteiger partial charge >= 0.3 is 0 Å². The zero-order valence-electron chi connectivity index (χ0n) is 15.5. The summed E-state index contributed by atoms with van der Waals surface area (Å²) in [5.41, 5.74) is 1.18. The number of allylic oxidation sites excluding steroid dienone is 1. The number of hydrogen-bond donors (Lipinski definition) is 0. The van der Waals surface area contributed by atoms with Crippen molar-refractivity contribution in [2.45, 2.75) is 64.6 Å². The predicted molar refractivity (Wildman–Crippen MR) is 94.9 cm³/mol. The number of carbonyl (C=O) groups excluding carboxylic acids is 2. The van der Waals surface area contributed by atoms with Crippen molar-refractivity contribution >= 4 is 11.8 Å². The molecule has 4 rings (SSSR count). The second-order valence-electron chi connectivity index (χ2n) is 8.53. The minimum absolute atomic E-state index is 0.126. The molecular weight excluding hydrogens is 316 g/mol. The van der Waals surface area contributed by atoms with Crippen LogP contribution in [0.4, 0.5) is 0 Å². The smallest absolute Gasteiger partial charge is 0.249 e. The van der Waals surface area contributed by atoms with Crippen LogP contribution in [0.2, 0.25) is 0 Å². The van der Waals surface area contributed by atoms with Crippen molar-refractivity contribution in [3.63, 3.8) is 0 Å². The van der Waals surface area contributed by atoms with E-state index in [4.69, 9.17) is 4.74 Å². The summed E-state index contributed by atoms with van der Waals surface area (Å²) in [5, 5.41) is 0. The minimum Gasteiger partial charge on any atom is -0.372 e. The van der Waals surface area contributed by atoms with E-state index in [2.05, 4.69) is 6.08 Å². The number of carbonyl (C=O) groups is 2.